The summed E-state index contributed by atoms with van der Waals surface area (Å²) in [7, 11) is 0. The van der Waals surface area contributed by atoms with Crippen LogP contribution in [0.1, 0.15) is 47.2 Å². The van der Waals surface area contributed by atoms with Crippen LogP contribution in [0.15, 0.2) is 42.7 Å². The van der Waals surface area contributed by atoms with Crippen LogP contribution in [0.4, 0.5) is 10.2 Å². The fraction of sp³-hybridized carbons (Fsp3) is 0.300. The largest absolute Gasteiger partial charge is 0.505 e. The molecule has 11 heteroatoms. The molecule has 5 aromatic rings. The second-order valence-corrected chi connectivity index (χ2v) is 10.6. The van der Waals surface area contributed by atoms with Gasteiger partial charge in [-0.25, -0.2) is 19.3 Å². The van der Waals surface area contributed by atoms with Gasteiger partial charge in [-0.05, 0) is 60.2 Å². The van der Waals surface area contributed by atoms with E-state index in [1.165, 1.54) is 12.1 Å². The highest BCUT2D eigenvalue weighted by Crippen LogP contribution is 2.34. The summed E-state index contributed by atoms with van der Waals surface area (Å²) in [5.41, 5.74) is 6.01. The number of carbonyl (C=O) groups excluding carboxylic acids is 1. The Morgan fingerprint density at radius 1 is 1.10 bits per heavy atom. The number of aromatic amines is 2. The topological polar surface area (TPSA) is 127 Å². The molecule has 2 aliphatic rings. The normalized spacial score (nSPS) is 15.1. The maximum atomic E-state index is 14.2. The molecule has 0 radical (unpaired) electrons. The second-order valence-electron chi connectivity index (χ2n) is 10.6. The van der Waals surface area contributed by atoms with Crippen molar-refractivity contribution in [3.05, 3.63) is 71.2 Å². The molecule has 0 unspecified atom stereocenters. The van der Waals surface area contributed by atoms with Crippen LogP contribution in [0.3, 0.4) is 0 Å². The Morgan fingerprint density at radius 2 is 1.95 bits per heavy atom. The van der Waals surface area contributed by atoms with Crippen LogP contribution in [0.5, 0.6) is 5.75 Å². The lowest BCUT2D eigenvalue weighted by Gasteiger charge is -2.26. The third-order valence-electron chi connectivity index (χ3n) is 8.06. The number of phenols is 1. The highest BCUT2D eigenvalue weighted by atomic mass is 19.1. The molecular weight excluding hydrogens is 523 g/mol. The SMILES string of the molecule is CCc1cc(O)c(F)cc1-c1ccc2c(-c3nc4c([nH]3)CN(C(=O)c3cnc(N5CCCC5)cn3)CC4)n[nH]c2c1. The third kappa shape index (κ3) is 4.47. The minimum atomic E-state index is -0.651. The Morgan fingerprint density at radius 3 is 2.73 bits per heavy atom. The van der Waals surface area contributed by atoms with Crippen LogP contribution in [-0.4, -0.2) is 65.7 Å². The van der Waals surface area contributed by atoms with E-state index in [2.05, 4.69) is 30.0 Å². The summed E-state index contributed by atoms with van der Waals surface area (Å²) in [6, 6.07) is 8.63. The summed E-state index contributed by atoms with van der Waals surface area (Å²) in [4.78, 5) is 34.3. The monoisotopic (exact) mass is 552 g/mol. The number of anilines is 1. The van der Waals surface area contributed by atoms with Gasteiger partial charge in [-0.15, -0.1) is 0 Å². The standard InChI is InChI=1S/C30H29FN8O2/c1-2-17-12-26(40)21(31)13-20(17)18-5-6-19-23(11-18)36-37-28(19)29-34-22-7-10-39(16-25(22)35-29)30(41)24-14-33-27(15-32-24)38-8-3-4-9-38/h5-6,11-15,40H,2-4,7-10,16H2,1H3,(H,34,35)(H,36,37). The molecule has 10 nitrogen and oxygen atoms in total. The Labute approximate surface area is 235 Å². The molecule has 7 rings (SSSR count). The number of phenolic OH excluding ortho intramolecular Hbond substituents is 1. The smallest absolute Gasteiger partial charge is 0.274 e. The number of hydrogen-bond acceptors (Lipinski definition) is 7. The van der Waals surface area contributed by atoms with Gasteiger partial charge in [-0.2, -0.15) is 5.10 Å². The molecular formula is C30H29FN8O2. The predicted octanol–water partition coefficient (Wildman–Crippen LogP) is 4.62. The van der Waals surface area contributed by atoms with Crippen molar-refractivity contribution < 1.29 is 14.3 Å². The van der Waals surface area contributed by atoms with Gasteiger partial charge in [0, 0.05) is 31.4 Å². The van der Waals surface area contributed by atoms with Crippen molar-refractivity contribution in [1.82, 2.24) is 35.0 Å². The van der Waals surface area contributed by atoms with E-state index in [9.17, 15) is 14.3 Å². The van der Waals surface area contributed by atoms with Crippen molar-refractivity contribution in [3.8, 4) is 28.4 Å². The van der Waals surface area contributed by atoms with Gasteiger partial charge in [0.25, 0.3) is 5.91 Å². The number of nitrogens with one attached hydrogen (secondary N) is 2. The number of aromatic hydroxyl groups is 1. The Bertz CT molecular complexity index is 1770. The number of nitrogens with zero attached hydrogens (tertiary/aromatic N) is 6. The van der Waals surface area contributed by atoms with Crippen molar-refractivity contribution in [2.45, 2.75) is 39.2 Å². The van der Waals surface area contributed by atoms with Gasteiger partial charge in [-0.3, -0.25) is 9.89 Å². The van der Waals surface area contributed by atoms with Crippen LogP contribution >= 0.6 is 0 Å². The van der Waals surface area contributed by atoms with Crippen LogP contribution in [-0.2, 0) is 19.4 Å². The van der Waals surface area contributed by atoms with Gasteiger partial charge in [0.05, 0.1) is 35.8 Å². The van der Waals surface area contributed by atoms with Gasteiger partial charge in [0.2, 0.25) is 0 Å². The molecule has 0 saturated carbocycles. The lowest BCUT2D eigenvalue weighted by molar-refractivity contribution is 0.0725. The number of rotatable bonds is 5. The van der Waals surface area contributed by atoms with Crippen LogP contribution in [0, 0.1) is 5.82 Å². The molecule has 3 N–H and O–H groups in total. The number of benzene rings is 2. The number of hydrogen-bond donors (Lipinski definition) is 3. The molecule has 2 aliphatic heterocycles. The maximum Gasteiger partial charge on any atom is 0.274 e. The van der Waals surface area contributed by atoms with E-state index in [1.54, 1.807) is 17.3 Å². The number of aromatic nitrogens is 6. The summed E-state index contributed by atoms with van der Waals surface area (Å²) >= 11 is 0. The predicted molar refractivity (Wildman–Crippen MR) is 152 cm³/mol. The van der Waals surface area contributed by atoms with Gasteiger partial charge < -0.3 is 19.9 Å². The Hall–Kier alpha value is -4.80. The van der Waals surface area contributed by atoms with E-state index in [0.29, 0.717) is 43.1 Å². The summed E-state index contributed by atoms with van der Waals surface area (Å²) in [5, 5.41) is 18.3. The first-order chi connectivity index (χ1) is 20.0. The van der Waals surface area contributed by atoms with E-state index in [4.69, 9.17) is 4.98 Å². The molecule has 5 heterocycles. The zero-order chi connectivity index (χ0) is 28.1. The Kier molecular flexibility index (Phi) is 6.14. The molecule has 0 atom stereocenters. The highest BCUT2D eigenvalue weighted by Gasteiger charge is 2.27. The van der Waals surface area contributed by atoms with E-state index >= 15 is 0 Å². The molecule has 0 spiro atoms. The number of halogens is 1. The summed E-state index contributed by atoms with van der Waals surface area (Å²) < 4.78 is 14.2. The van der Waals surface area contributed by atoms with Crippen molar-refractivity contribution in [2.24, 2.45) is 0 Å². The first-order valence-electron chi connectivity index (χ1n) is 13.9. The van der Waals surface area contributed by atoms with Crippen molar-refractivity contribution in [1.29, 1.82) is 0 Å². The summed E-state index contributed by atoms with van der Waals surface area (Å²) in [5.74, 6) is 0.297. The number of carbonyl (C=O) groups is 1. The molecule has 2 aromatic carbocycles. The number of imidazole rings is 1. The first kappa shape index (κ1) is 25.2. The first-order valence-corrected chi connectivity index (χ1v) is 13.9. The quantitative estimate of drug-likeness (QED) is 0.290. The van der Waals surface area contributed by atoms with Crippen LogP contribution in [0.25, 0.3) is 33.5 Å². The lowest BCUT2D eigenvalue weighted by atomic mass is 9.96. The van der Waals surface area contributed by atoms with E-state index in [1.807, 2.05) is 25.1 Å². The second kappa shape index (κ2) is 9.99. The molecule has 1 fully saturated rings. The molecule has 0 aliphatic carbocycles. The molecule has 0 bridgehead atoms. The average molecular weight is 553 g/mol. The molecule has 1 saturated heterocycles. The number of aryl methyl sites for hydroxylation is 1. The fourth-order valence-corrected chi connectivity index (χ4v) is 5.82. The maximum absolute atomic E-state index is 14.2. The number of fused-ring (bicyclic) bond motifs is 2. The molecule has 41 heavy (non-hydrogen) atoms. The lowest BCUT2D eigenvalue weighted by Crippen LogP contribution is -2.36. The van der Waals surface area contributed by atoms with Crippen molar-refractivity contribution in [2.75, 3.05) is 24.5 Å². The number of amides is 1. The molecule has 1 amide bonds. The summed E-state index contributed by atoms with van der Waals surface area (Å²) in [6.45, 7) is 4.86. The summed E-state index contributed by atoms with van der Waals surface area (Å²) in [6.07, 6.45) is 6.85. The van der Waals surface area contributed by atoms with Gasteiger partial charge >= 0.3 is 0 Å². The molecule has 208 valence electrons. The van der Waals surface area contributed by atoms with E-state index < -0.39 is 5.82 Å². The molecule has 3 aromatic heterocycles. The van der Waals surface area contributed by atoms with Crippen LogP contribution < -0.4 is 4.90 Å². The zero-order valence-electron chi connectivity index (χ0n) is 22.6. The van der Waals surface area contributed by atoms with E-state index in [0.717, 1.165) is 70.7 Å². The average Bonchev–Trinajstić information content (AvgIpc) is 3.77. The minimum Gasteiger partial charge on any atom is -0.505 e. The van der Waals surface area contributed by atoms with Gasteiger partial charge in [0.1, 0.15) is 17.2 Å². The van der Waals surface area contributed by atoms with Crippen LogP contribution in [0.2, 0.25) is 0 Å². The number of H-pyrrole nitrogens is 2. The highest BCUT2D eigenvalue weighted by molar-refractivity contribution is 5.94. The third-order valence-corrected chi connectivity index (χ3v) is 8.06. The van der Waals surface area contributed by atoms with Crippen molar-refractivity contribution in [3.63, 3.8) is 0 Å². The Balaban J connectivity index is 1.12. The van der Waals surface area contributed by atoms with Gasteiger partial charge in [0.15, 0.2) is 17.4 Å². The van der Waals surface area contributed by atoms with Crippen molar-refractivity contribution >= 4 is 22.6 Å². The fourth-order valence-electron chi connectivity index (χ4n) is 5.82. The van der Waals surface area contributed by atoms with E-state index in [-0.39, 0.29) is 11.7 Å². The minimum absolute atomic E-state index is 0.151. The van der Waals surface area contributed by atoms with Gasteiger partial charge in [-0.1, -0.05) is 13.0 Å². The zero-order valence-corrected chi connectivity index (χ0v) is 22.6.